The van der Waals surface area contributed by atoms with Crippen molar-refractivity contribution >= 4 is 17.9 Å². The Morgan fingerprint density at radius 1 is 0.302 bits per heavy atom. The predicted octanol–water partition coefficient (Wildman–Crippen LogP) is 14.9. The van der Waals surface area contributed by atoms with Crippen LogP contribution in [0.3, 0.4) is 0 Å². The number of hydrogen-bond acceptors (Lipinski definition) is 6. The number of ether oxygens (including phenoxy) is 3. The van der Waals surface area contributed by atoms with Gasteiger partial charge in [-0.15, -0.1) is 0 Å². The van der Waals surface area contributed by atoms with Gasteiger partial charge in [-0.25, -0.2) is 0 Å². The molecule has 0 heterocycles. The molecule has 1 unspecified atom stereocenters. The smallest absolute Gasteiger partial charge is 0.306 e. The van der Waals surface area contributed by atoms with E-state index in [-0.39, 0.29) is 31.1 Å². The fourth-order valence-corrected chi connectivity index (χ4v) is 7.03. The third-order valence-corrected chi connectivity index (χ3v) is 10.6. The van der Waals surface area contributed by atoms with E-state index in [1.54, 1.807) is 0 Å². The molecule has 0 aromatic heterocycles. The molecule has 0 bridgehead atoms. The predicted molar refractivity (Wildman–Crippen MR) is 224 cm³/mol. The maximum absolute atomic E-state index is 12.6. The Kier molecular flexibility index (Phi) is 41.8. The van der Waals surface area contributed by atoms with Crippen LogP contribution in [0.4, 0.5) is 0 Å². The van der Waals surface area contributed by atoms with Crippen molar-refractivity contribution in [2.45, 2.75) is 271 Å². The van der Waals surface area contributed by atoms with Crippen LogP contribution < -0.4 is 0 Å². The van der Waals surface area contributed by atoms with Crippen molar-refractivity contribution in [1.82, 2.24) is 0 Å². The van der Waals surface area contributed by atoms with Crippen molar-refractivity contribution in [2.75, 3.05) is 13.2 Å². The summed E-state index contributed by atoms with van der Waals surface area (Å²) in [5.74, 6) is -0.870. The van der Waals surface area contributed by atoms with Crippen molar-refractivity contribution in [3.63, 3.8) is 0 Å². The van der Waals surface area contributed by atoms with Gasteiger partial charge < -0.3 is 14.2 Å². The summed E-state index contributed by atoms with van der Waals surface area (Å²) >= 11 is 0. The Morgan fingerprint density at radius 3 is 0.755 bits per heavy atom. The summed E-state index contributed by atoms with van der Waals surface area (Å²) in [5, 5.41) is 0. The van der Waals surface area contributed by atoms with Gasteiger partial charge in [0, 0.05) is 19.3 Å². The average molecular weight is 751 g/mol. The minimum Gasteiger partial charge on any atom is -0.462 e. The van der Waals surface area contributed by atoms with Gasteiger partial charge in [-0.3, -0.25) is 14.4 Å². The van der Waals surface area contributed by atoms with E-state index >= 15 is 0 Å². The molecule has 0 saturated heterocycles. The lowest BCUT2D eigenvalue weighted by Crippen LogP contribution is -2.30. The van der Waals surface area contributed by atoms with Gasteiger partial charge in [-0.1, -0.05) is 226 Å². The van der Waals surface area contributed by atoms with Crippen LogP contribution in [0.5, 0.6) is 0 Å². The molecule has 0 fully saturated rings. The standard InChI is InChI=1S/C47H90O6/c1-4-7-10-13-16-17-18-19-20-21-22-23-24-25-26-27-28-29-30-32-34-37-40-46(49)52-43-44(42-51-45(48)39-36-33-15-12-9-6-3)53-47(50)41-38-35-31-14-11-8-5-2/h44H,4-43H2,1-3H3. The van der Waals surface area contributed by atoms with E-state index in [0.29, 0.717) is 19.3 Å². The third-order valence-electron chi connectivity index (χ3n) is 10.6. The van der Waals surface area contributed by atoms with Crippen molar-refractivity contribution in [3.05, 3.63) is 0 Å². The highest BCUT2D eigenvalue weighted by molar-refractivity contribution is 5.71. The molecule has 0 aliphatic rings. The number of unbranched alkanes of at least 4 members (excludes halogenated alkanes) is 32. The molecule has 6 heteroatoms. The number of rotatable bonds is 43. The molecule has 0 aliphatic heterocycles. The van der Waals surface area contributed by atoms with Gasteiger partial charge in [-0.2, -0.15) is 0 Å². The van der Waals surface area contributed by atoms with Crippen molar-refractivity contribution in [2.24, 2.45) is 0 Å². The lowest BCUT2D eigenvalue weighted by Gasteiger charge is -2.18. The minimum atomic E-state index is -0.756. The van der Waals surface area contributed by atoms with Gasteiger partial charge in [0.05, 0.1) is 0 Å². The summed E-state index contributed by atoms with van der Waals surface area (Å²) < 4.78 is 16.6. The monoisotopic (exact) mass is 751 g/mol. The minimum absolute atomic E-state index is 0.0643. The van der Waals surface area contributed by atoms with E-state index in [1.807, 2.05) is 0 Å². The van der Waals surface area contributed by atoms with Crippen molar-refractivity contribution < 1.29 is 28.6 Å². The van der Waals surface area contributed by atoms with Crippen LogP contribution in [-0.2, 0) is 28.6 Å². The largest absolute Gasteiger partial charge is 0.462 e. The second-order valence-corrected chi connectivity index (χ2v) is 16.0. The molecule has 0 rings (SSSR count). The second-order valence-electron chi connectivity index (χ2n) is 16.0. The van der Waals surface area contributed by atoms with Crippen LogP contribution in [0.15, 0.2) is 0 Å². The van der Waals surface area contributed by atoms with Crippen LogP contribution in [0.2, 0.25) is 0 Å². The quantitative estimate of drug-likeness (QED) is 0.0351. The lowest BCUT2D eigenvalue weighted by atomic mass is 10.0. The van der Waals surface area contributed by atoms with E-state index in [2.05, 4.69) is 20.8 Å². The van der Waals surface area contributed by atoms with Gasteiger partial charge in [-0.05, 0) is 19.3 Å². The first-order valence-electron chi connectivity index (χ1n) is 23.5. The van der Waals surface area contributed by atoms with Gasteiger partial charge in [0.15, 0.2) is 6.10 Å². The molecular formula is C47H90O6. The number of carbonyl (C=O) groups excluding carboxylic acids is 3. The van der Waals surface area contributed by atoms with Crippen molar-refractivity contribution in [1.29, 1.82) is 0 Å². The fraction of sp³-hybridized carbons (Fsp3) is 0.936. The zero-order valence-electron chi connectivity index (χ0n) is 35.8. The lowest BCUT2D eigenvalue weighted by molar-refractivity contribution is -0.167. The molecule has 0 aromatic carbocycles. The van der Waals surface area contributed by atoms with Gasteiger partial charge in [0.25, 0.3) is 0 Å². The zero-order valence-corrected chi connectivity index (χ0v) is 35.8. The van der Waals surface area contributed by atoms with Crippen LogP contribution in [-0.4, -0.2) is 37.2 Å². The summed E-state index contributed by atoms with van der Waals surface area (Å²) in [5.41, 5.74) is 0. The topological polar surface area (TPSA) is 78.9 Å². The van der Waals surface area contributed by atoms with E-state index < -0.39 is 6.10 Å². The van der Waals surface area contributed by atoms with Crippen LogP contribution >= 0.6 is 0 Å². The van der Waals surface area contributed by atoms with E-state index in [4.69, 9.17) is 14.2 Å². The zero-order chi connectivity index (χ0) is 38.7. The maximum Gasteiger partial charge on any atom is 0.306 e. The maximum atomic E-state index is 12.6. The van der Waals surface area contributed by atoms with Crippen molar-refractivity contribution in [3.8, 4) is 0 Å². The number of carbonyl (C=O) groups is 3. The molecule has 0 aliphatic carbocycles. The molecule has 0 radical (unpaired) electrons. The summed E-state index contributed by atoms with van der Waals surface area (Å²) in [6.45, 7) is 6.56. The average Bonchev–Trinajstić information content (AvgIpc) is 3.15. The highest BCUT2D eigenvalue weighted by Crippen LogP contribution is 2.16. The molecule has 314 valence electrons. The normalized spacial score (nSPS) is 11.8. The highest BCUT2D eigenvalue weighted by atomic mass is 16.6. The fourth-order valence-electron chi connectivity index (χ4n) is 7.03. The molecule has 0 aromatic rings. The summed E-state index contributed by atoms with van der Waals surface area (Å²) in [7, 11) is 0. The second kappa shape index (κ2) is 43.1. The molecule has 53 heavy (non-hydrogen) atoms. The first-order valence-corrected chi connectivity index (χ1v) is 23.5. The van der Waals surface area contributed by atoms with E-state index in [9.17, 15) is 14.4 Å². The van der Waals surface area contributed by atoms with Gasteiger partial charge in [0.1, 0.15) is 13.2 Å². The molecule has 0 N–H and O–H groups in total. The van der Waals surface area contributed by atoms with E-state index in [1.165, 1.54) is 167 Å². The summed E-state index contributed by atoms with van der Waals surface area (Å²) in [4.78, 5) is 37.4. The van der Waals surface area contributed by atoms with Crippen LogP contribution in [0.25, 0.3) is 0 Å². The van der Waals surface area contributed by atoms with Crippen LogP contribution in [0, 0.1) is 0 Å². The van der Waals surface area contributed by atoms with Gasteiger partial charge in [0.2, 0.25) is 0 Å². The third kappa shape index (κ3) is 41.4. The molecular weight excluding hydrogens is 661 g/mol. The molecule has 0 spiro atoms. The Morgan fingerprint density at radius 2 is 0.509 bits per heavy atom. The first-order chi connectivity index (χ1) is 26.0. The first kappa shape index (κ1) is 51.4. The SMILES string of the molecule is CCCCCCCCCCCCCCCCCCCCCCCCC(=O)OCC(COC(=O)CCCCCCCC)OC(=O)CCCCCCCCC. The van der Waals surface area contributed by atoms with Crippen LogP contribution in [0.1, 0.15) is 265 Å². The molecule has 0 amide bonds. The van der Waals surface area contributed by atoms with E-state index in [0.717, 1.165) is 57.8 Å². The Balaban J connectivity index is 3.97. The Labute approximate surface area is 329 Å². The van der Waals surface area contributed by atoms with Gasteiger partial charge >= 0.3 is 17.9 Å². The number of hydrogen-bond donors (Lipinski definition) is 0. The molecule has 6 nitrogen and oxygen atoms in total. The Bertz CT molecular complexity index is 783. The summed E-state index contributed by atoms with van der Waals surface area (Å²) in [6, 6.07) is 0. The number of esters is 3. The highest BCUT2D eigenvalue weighted by Gasteiger charge is 2.19. The Hall–Kier alpha value is -1.59. The molecule has 0 saturated carbocycles. The summed E-state index contributed by atoms with van der Waals surface area (Å²) in [6.07, 6.45) is 44.2. The molecule has 1 atom stereocenters.